The van der Waals surface area contributed by atoms with Crippen molar-refractivity contribution < 1.29 is 8.78 Å². The van der Waals surface area contributed by atoms with Gasteiger partial charge in [-0.05, 0) is 70.4 Å². The molecule has 1 aliphatic carbocycles. The Kier molecular flexibility index (Phi) is 4.99. The molecule has 21 heavy (non-hydrogen) atoms. The quantitative estimate of drug-likeness (QED) is 0.910. The van der Waals surface area contributed by atoms with Crippen molar-refractivity contribution in [3.8, 4) is 0 Å². The third kappa shape index (κ3) is 3.27. The highest BCUT2D eigenvalue weighted by atomic mass is 19.1. The summed E-state index contributed by atoms with van der Waals surface area (Å²) in [5.74, 6) is -0.300. The molecule has 1 unspecified atom stereocenters. The fourth-order valence-electron chi connectivity index (χ4n) is 3.74. The SMILES string of the molecule is CNC(c1cc(F)cc(F)c1)C1(N(C)C)CCC(C)CC1. The highest BCUT2D eigenvalue weighted by molar-refractivity contribution is 5.26. The van der Waals surface area contributed by atoms with E-state index >= 15 is 0 Å². The Morgan fingerprint density at radius 1 is 1.14 bits per heavy atom. The Morgan fingerprint density at radius 3 is 2.10 bits per heavy atom. The summed E-state index contributed by atoms with van der Waals surface area (Å²) in [5, 5.41) is 3.30. The van der Waals surface area contributed by atoms with Crippen LogP contribution in [0.1, 0.15) is 44.2 Å². The Morgan fingerprint density at radius 2 is 1.67 bits per heavy atom. The van der Waals surface area contributed by atoms with Gasteiger partial charge in [-0.3, -0.25) is 0 Å². The predicted octanol–water partition coefficient (Wildman–Crippen LogP) is 3.74. The second-order valence-electron chi connectivity index (χ2n) is 6.60. The van der Waals surface area contributed by atoms with Crippen LogP contribution in [0.5, 0.6) is 0 Å². The van der Waals surface area contributed by atoms with Crippen LogP contribution in [-0.2, 0) is 0 Å². The van der Waals surface area contributed by atoms with E-state index < -0.39 is 11.6 Å². The fraction of sp³-hybridized carbons (Fsp3) is 0.647. The standard InChI is InChI=1S/C17H26F2N2/c1-12-5-7-17(8-6-12,21(3)4)16(20-2)13-9-14(18)11-15(19)10-13/h9-12,16,20H,5-8H2,1-4H3. The number of hydrogen-bond acceptors (Lipinski definition) is 2. The lowest BCUT2D eigenvalue weighted by Gasteiger charge is -2.50. The van der Waals surface area contributed by atoms with Crippen LogP contribution in [0.25, 0.3) is 0 Å². The highest BCUT2D eigenvalue weighted by Gasteiger charge is 2.43. The summed E-state index contributed by atoms with van der Waals surface area (Å²) in [6.07, 6.45) is 4.36. The van der Waals surface area contributed by atoms with E-state index in [-0.39, 0.29) is 11.6 Å². The zero-order valence-electron chi connectivity index (χ0n) is 13.4. The number of rotatable bonds is 4. The van der Waals surface area contributed by atoms with Crippen molar-refractivity contribution in [3.05, 3.63) is 35.4 Å². The molecule has 1 saturated carbocycles. The lowest BCUT2D eigenvalue weighted by Crippen LogP contribution is -2.55. The molecule has 1 atom stereocenters. The van der Waals surface area contributed by atoms with Crippen LogP contribution in [-0.4, -0.2) is 31.6 Å². The van der Waals surface area contributed by atoms with Gasteiger partial charge < -0.3 is 10.2 Å². The molecule has 2 rings (SSSR count). The topological polar surface area (TPSA) is 15.3 Å². The first kappa shape index (κ1) is 16.4. The molecule has 1 fully saturated rings. The summed E-state index contributed by atoms with van der Waals surface area (Å²) in [6, 6.07) is 3.76. The van der Waals surface area contributed by atoms with E-state index in [0.717, 1.165) is 37.7 Å². The molecule has 2 nitrogen and oxygen atoms in total. The van der Waals surface area contributed by atoms with Gasteiger partial charge in [-0.25, -0.2) is 8.78 Å². The van der Waals surface area contributed by atoms with Crippen LogP contribution >= 0.6 is 0 Å². The first-order valence-electron chi connectivity index (χ1n) is 7.70. The van der Waals surface area contributed by atoms with Crippen LogP contribution in [0.4, 0.5) is 8.78 Å². The Labute approximate surface area is 126 Å². The molecule has 1 aliphatic rings. The van der Waals surface area contributed by atoms with Crippen LogP contribution in [0.2, 0.25) is 0 Å². The molecule has 1 N–H and O–H groups in total. The van der Waals surface area contributed by atoms with E-state index in [1.807, 2.05) is 7.05 Å². The summed E-state index contributed by atoms with van der Waals surface area (Å²) in [5.41, 5.74) is 0.597. The van der Waals surface area contributed by atoms with Gasteiger partial charge in [-0.15, -0.1) is 0 Å². The monoisotopic (exact) mass is 296 g/mol. The van der Waals surface area contributed by atoms with E-state index in [2.05, 4.69) is 31.2 Å². The van der Waals surface area contributed by atoms with Gasteiger partial charge in [-0.1, -0.05) is 6.92 Å². The minimum absolute atomic E-state index is 0.0785. The summed E-state index contributed by atoms with van der Waals surface area (Å²) in [6.45, 7) is 2.27. The Hall–Kier alpha value is -1.00. The van der Waals surface area contributed by atoms with E-state index in [1.165, 1.54) is 12.1 Å². The summed E-state index contributed by atoms with van der Waals surface area (Å²) in [7, 11) is 6.00. The van der Waals surface area contributed by atoms with Crippen molar-refractivity contribution in [1.29, 1.82) is 0 Å². The van der Waals surface area contributed by atoms with Crippen LogP contribution in [0.3, 0.4) is 0 Å². The second-order valence-corrected chi connectivity index (χ2v) is 6.60. The molecule has 0 aliphatic heterocycles. The molecule has 0 heterocycles. The second kappa shape index (κ2) is 6.41. The smallest absolute Gasteiger partial charge is 0.126 e. The highest BCUT2D eigenvalue weighted by Crippen LogP contribution is 2.43. The first-order valence-corrected chi connectivity index (χ1v) is 7.70. The first-order chi connectivity index (χ1) is 9.89. The zero-order valence-corrected chi connectivity index (χ0v) is 13.4. The van der Waals surface area contributed by atoms with E-state index in [9.17, 15) is 8.78 Å². The van der Waals surface area contributed by atoms with Crippen LogP contribution in [0.15, 0.2) is 18.2 Å². The van der Waals surface area contributed by atoms with Gasteiger partial charge in [0.15, 0.2) is 0 Å². The maximum Gasteiger partial charge on any atom is 0.126 e. The average Bonchev–Trinajstić information content (AvgIpc) is 2.40. The average molecular weight is 296 g/mol. The molecule has 1 aromatic carbocycles. The predicted molar refractivity (Wildman–Crippen MR) is 82.2 cm³/mol. The lowest BCUT2D eigenvalue weighted by molar-refractivity contribution is 0.0453. The molecular formula is C17H26F2N2. The fourth-order valence-corrected chi connectivity index (χ4v) is 3.74. The number of halogens is 2. The zero-order chi connectivity index (χ0) is 15.6. The van der Waals surface area contributed by atoms with Crippen LogP contribution in [0, 0.1) is 17.6 Å². The maximum atomic E-state index is 13.6. The van der Waals surface area contributed by atoms with E-state index in [4.69, 9.17) is 0 Å². The van der Waals surface area contributed by atoms with Crippen molar-refractivity contribution in [1.82, 2.24) is 10.2 Å². The van der Waals surface area contributed by atoms with Gasteiger partial charge >= 0.3 is 0 Å². The number of nitrogens with zero attached hydrogens (tertiary/aromatic N) is 1. The molecule has 118 valence electrons. The van der Waals surface area contributed by atoms with Crippen LogP contribution < -0.4 is 5.32 Å². The van der Waals surface area contributed by atoms with Crippen molar-refractivity contribution in [2.75, 3.05) is 21.1 Å². The molecule has 1 aromatic rings. The summed E-state index contributed by atoms with van der Waals surface area (Å²) in [4.78, 5) is 2.23. The number of hydrogen-bond donors (Lipinski definition) is 1. The number of benzene rings is 1. The van der Waals surface area contributed by atoms with E-state index in [0.29, 0.717) is 5.56 Å². The van der Waals surface area contributed by atoms with Gasteiger partial charge in [0.05, 0.1) is 6.04 Å². The molecule has 0 amide bonds. The molecule has 0 radical (unpaired) electrons. The minimum atomic E-state index is -0.511. The van der Waals surface area contributed by atoms with Crippen molar-refractivity contribution in [2.24, 2.45) is 5.92 Å². The molecular weight excluding hydrogens is 270 g/mol. The molecule has 4 heteroatoms. The Bertz CT molecular complexity index is 459. The summed E-state index contributed by atoms with van der Waals surface area (Å²) < 4.78 is 27.2. The van der Waals surface area contributed by atoms with Gasteiger partial charge in [0.1, 0.15) is 11.6 Å². The van der Waals surface area contributed by atoms with Gasteiger partial charge in [0.2, 0.25) is 0 Å². The number of nitrogens with one attached hydrogen (secondary N) is 1. The minimum Gasteiger partial charge on any atom is -0.311 e. The van der Waals surface area contributed by atoms with Crippen molar-refractivity contribution >= 4 is 0 Å². The molecule has 0 aromatic heterocycles. The summed E-state index contributed by atoms with van der Waals surface area (Å²) >= 11 is 0. The third-order valence-electron chi connectivity index (χ3n) is 5.08. The van der Waals surface area contributed by atoms with Crippen molar-refractivity contribution in [3.63, 3.8) is 0 Å². The number of likely N-dealkylation sites (N-methyl/N-ethyl adjacent to an activating group) is 2. The van der Waals surface area contributed by atoms with Crippen molar-refractivity contribution in [2.45, 2.75) is 44.2 Å². The molecule has 0 spiro atoms. The third-order valence-corrected chi connectivity index (χ3v) is 5.08. The lowest BCUT2D eigenvalue weighted by atomic mass is 9.70. The largest absolute Gasteiger partial charge is 0.311 e. The normalized spacial score (nSPS) is 27.9. The van der Waals surface area contributed by atoms with Gasteiger partial charge in [-0.2, -0.15) is 0 Å². The molecule has 0 saturated heterocycles. The maximum absolute atomic E-state index is 13.6. The van der Waals surface area contributed by atoms with E-state index in [1.54, 1.807) is 0 Å². The molecule has 0 bridgehead atoms. The van der Waals surface area contributed by atoms with Gasteiger partial charge in [0.25, 0.3) is 0 Å². The Balaban J connectivity index is 2.40. The van der Waals surface area contributed by atoms with Gasteiger partial charge in [0, 0.05) is 11.6 Å².